The van der Waals surface area contributed by atoms with E-state index in [9.17, 15) is 14.4 Å². The van der Waals surface area contributed by atoms with E-state index < -0.39 is 44.4 Å². The molecule has 1 fully saturated rings. The summed E-state index contributed by atoms with van der Waals surface area (Å²) >= 11 is 0. The minimum Gasteiger partial charge on any atom is -0.443 e. The molecule has 1 heterocycles. The quantitative estimate of drug-likeness (QED) is 0.435. The van der Waals surface area contributed by atoms with Crippen LogP contribution in [0.2, 0.25) is 18.1 Å². The van der Waals surface area contributed by atoms with Crippen LogP contribution in [0.4, 0.5) is 9.59 Å². The fourth-order valence-electron chi connectivity index (χ4n) is 2.79. The van der Waals surface area contributed by atoms with E-state index in [0.717, 1.165) is 10.5 Å². The van der Waals surface area contributed by atoms with Crippen LogP contribution in [0.3, 0.4) is 0 Å². The van der Waals surface area contributed by atoms with Crippen molar-refractivity contribution in [1.82, 2.24) is 4.90 Å². The summed E-state index contributed by atoms with van der Waals surface area (Å²) in [6, 6.07) is 9.12. The van der Waals surface area contributed by atoms with Crippen molar-refractivity contribution in [3.05, 3.63) is 35.9 Å². The first-order valence-corrected chi connectivity index (χ1v) is 13.6. The molecule has 1 aliphatic heterocycles. The Labute approximate surface area is 191 Å². The Kier molecular flexibility index (Phi) is 7.78. The Balaban J connectivity index is 2.14. The van der Waals surface area contributed by atoms with Gasteiger partial charge >= 0.3 is 12.2 Å². The first-order valence-electron chi connectivity index (χ1n) is 10.7. The van der Waals surface area contributed by atoms with E-state index in [1.54, 1.807) is 32.9 Å². The average molecular weight is 466 g/mol. The van der Waals surface area contributed by atoms with Gasteiger partial charge in [0, 0.05) is 6.42 Å². The zero-order chi connectivity index (χ0) is 24.3. The maximum absolute atomic E-state index is 13.0. The molecular formula is C23H35NO7Si. The first kappa shape index (κ1) is 25.9. The number of ether oxygens (including phenoxy) is 3. The molecule has 2 rings (SSSR count). The molecule has 1 aliphatic rings. The minimum absolute atomic E-state index is 0.0141. The zero-order valence-electron chi connectivity index (χ0n) is 20.3. The zero-order valence-corrected chi connectivity index (χ0v) is 21.3. The topological polar surface area (TPSA) is 91.4 Å². The van der Waals surface area contributed by atoms with E-state index in [1.807, 2.05) is 31.3 Å². The molecule has 8 nitrogen and oxygen atoms in total. The van der Waals surface area contributed by atoms with Gasteiger partial charge in [0.15, 0.2) is 14.4 Å². The van der Waals surface area contributed by atoms with Crippen molar-refractivity contribution in [3.63, 3.8) is 0 Å². The lowest BCUT2D eigenvalue weighted by Crippen LogP contribution is -2.50. The van der Waals surface area contributed by atoms with Crippen molar-refractivity contribution in [2.24, 2.45) is 0 Å². The van der Waals surface area contributed by atoms with Gasteiger partial charge in [0.1, 0.15) is 18.4 Å². The van der Waals surface area contributed by atoms with Gasteiger partial charge in [0.25, 0.3) is 5.91 Å². The number of hydrogen-bond acceptors (Lipinski definition) is 7. The highest BCUT2D eigenvalue weighted by Gasteiger charge is 2.51. The Morgan fingerprint density at radius 3 is 2.19 bits per heavy atom. The molecule has 32 heavy (non-hydrogen) atoms. The summed E-state index contributed by atoms with van der Waals surface area (Å²) in [6.07, 6.45) is -3.87. The second kappa shape index (κ2) is 9.62. The van der Waals surface area contributed by atoms with Crippen LogP contribution in [0.25, 0.3) is 0 Å². The summed E-state index contributed by atoms with van der Waals surface area (Å²) in [7, 11) is -2.35. The third-order valence-corrected chi connectivity index (χ3v) is 9.96. The average Bonchev–Trinajstić information content (AvgIpc) is 2.93. The van der Waals surface area contributed by atoms with Crippen molar-refractivity contribution in [2.45, 2.75) is 90.6 Å². The molecule has 2 amide bonds. The van der Waals surface area contributed by atoms with Gasteiger partial charge < -0.3 is 18.6 Å². The number of likely N-dealkylation sites (tertiary alicyclic amines) is 1. The molecule has 0 aromatic heterocycles. The van der Waals surface area contributed by atoms with Crippen LogP contribution in [0.15, 0.2) is 30.3 Å². The molecule has 1 aromatic carbocycles. The van der Waals surface area contributed by atoms with Crippen LogP contribution < -0.4 is 0 Å². The standard InChI is InChI=1S/C23H35NO7Si/c1-22(2,3)30-20(26)24-18(31-32(7,8)23(4,5)6)14-17(19(24)25)29-21(27)28-15-16-12-10-9-11-13-16/h9-13,17-18H,14-15H2,1-8H3/t17-,18-/m1/s1. The monoisotopic (exact) mass is 465 g/mol. The summed E-state index contributed by atoms with van der Waals surface area (Å²) in [6.45, 7) is 15.4. The van der Waals surface area contributed by atoms with Crippen molar-refractivity contribution in [2.75, 3.05) is 0 Å². The number of imide groups is 1. The largest absolute Gasteiger partial charge is 0.509 e. The van der Waals surface area contributed by atoms with Gasteiger partial charge in [0.05, 0.1) is 0 Å². The van der Waals surface area contributed by atoms with Crippen LogP contribution in [-0.2, 0) is 30.0 Å². The summed E-state index contributed by atoms with van der Waals surface area (Å²) in [4.78, 5) is 39.0. The highest BCUT2D eigenvalue weighted by atomic mass is 28.4. The molecule has 9 heteroatoms. The summed E-state index contributed by atoms with van der Waals surface area (Å²) in [5.41, 5.74) is -0.0105. The van der Waals surface area contributed by atoms with E-state index in [4.69, 9.17) is 18.6 Å². The number of hydrogen-bond donors (Lipinski definition) is 0. The molecule has 178 valence electrons. The molecule has 0 unspecified atom stereocenters. The molecule has 0 aliphatic carbocycles. The predicted molar refractivity (Wildman–Crippen MR) is 121 cm³/mol. The molecule has 1 aromatic rings. The minimum atomic E-state index is -2.35. The number of carbonyl (C=O) groups excluding carboxylic acids is 3. The molecule has 0 radical (unpaired) electrons. The number of benzene rings is 1. The van der Waals surface area contributed by atoms with Gasteiger partial charge in [-0.2, -0.15) is 0 Å². The van der Waals surface area contributed by atoms with Gasteiger partial charge in [-0.05, 0) is 44.5 Å². The maximum atomic E-state index is 13.0. The lowest BCUT2D eigenvalue weighted by atomic mass is 10.2. The third kappa shape index (κ3) is 6.80. The molecule has 0 saturated carbocycles. The van der Waals surface area contributed by atoms with E-state index in [1.165, 1.54) is 0 Å². The SMILES string of the molecule is CC(C)(C)OC(=O)N1C(=O)[C@H](OC(=O)OCc2ccccc2)C[C@H]1O[Si](C)(C)C(C)(C)C. The van der Waals surface area contributed by atoms with Crippen LogP contribution >= 0.6 is 0 Å². The van der Waals surface area contributed by atoms with Crippen molar-refractivity contribution in [1.29, 1.82) is 0 Å². The Bertz CT molecular complexity index is 827. The lowest BCUT2D eigenvalue weighted by Gasteiger charge is -2.39. The van der Waals surface area contributed by atoms with E-state index in [0.29, 0.717) is 0 Å². The molecule has 0 N–H and O–H groups in total. The van der Waals surface area contributed by atoms with Crippen molar-refractivity contribution in [3.8, 4) is 0 Å². The Morgan fingerprint density at radius 1 is 1.06 bits per heavy atom. The Morgan fingerprint density at radius 2 is 1.66 bits per heavy atom. The fourth-order valence-corrected chi connectivity index (χ4v) is 4.02. The molecule has 0 bridgehead atoms. The van der Waals surface area contributed by atoms with Crippen molar-refractivity contribution >= 4 is 26.5 Å². The second-order valence-corrected chi connectivity index (χ2v) is 15.1. The lowest BCUT2D eigenvalue weighted by molar-refractivity contribution is -0.137. The summed E-state index contributed by atoms with van der Waals surface area (Å²) in [5.74, 6) is -0.681. The second-order valence-electron chi connectivity index (χ2n) is 10.4. The summed E-state index contributed by atoms with van der Waals surface area (Å²) in [5, 5.41) is -0.150. The van der Waals surface area contributed by atoms with Gasteiger partial charge in [-0.1, -0.05) is 51.1 Å². The number of nitrogens with zero attached hydrogens (tertiary/aromatic N) is 1. The smallest absolute Gasteiger partial charge is 0.443 e. The molecule has 0 spiro atoms. The fraction of sp³-hybridized carbons (Fsp3) is 0.609. The Hall–Kier alpha value is -2.39. The highest BCUT2D eigenvalue weighted by molar-refractivity contribution is 6.74. The summed E-state index contributed by atoms with van der Waals surface area (Å²) < 4.78 is 22.1. The molecule has 2 atom stereocenters. The van der Waals surface area contributed by atoms with Crippen molar-refractivity contribution < 1.29 is 33.0 Å². The van der Waals surface area contributed by atoms with Crippen LogP contribution in [0, 0.1) is 0 Å². The van der Waals surface area contributed by atoms with Crippen LogP contribution in [0.1, 0.15) is 53.5 Å². The van der Waals surface area contributed by atoms with Gasteiger partial charge in [-0.3, -0.25) is 4.79 Å². The molecule has 1 saturated heterocycles. The maximum Gasteiger partial charge on any atom is 0.509 e. The van der Waals surface area contributed by atoms with Gasteiger partial charge in [-0.25, -0.2) is 14.5 Å². The number of rotatable bonds is 5. The number of amides is 2. The van der Waals surface area contributed by atoms with E-state index in [-0.39, 0.29) is 18.1 Å². The third-order valence-electron chi connectivity index (χ3n) is 5.48. The first-order chi connectivity index (χ1) is 14.6. The normalized spacial score (nSPS) is 19.6. The van der Waals surface area contributed by atoms with Crippen LogP contribution in [-0.4, -0.2) is 49.3 Å². The van der Waals surface area contributed by atoms with Gasteiger partial charge in [0.2, 0.25) is 0 Å². The highest BCUT2D eigenvalue weighted by Crippen LogP contribution is 2.39. The number of carbonyl (C=O) groups is 3. The predicted octanol–water partition coefficient (Wildman–Crippen LogP) is 5.22. The van der Waals surface area contributed by atoms with E-state index >= 15 is 0 Å². The van der Waals surface area contributed by atoms with E-state index in [2.05, 4.69) is 20.8 Å². The van der Waals surface area contributed by atoms with Gasteiger partial charge in [-0.15, -0.1) is 0 Å². The molecular weight excluding hydrogens is 430 g/mol. The van der Waals surface area contributed by atoms with Crippen LogP contribution in [0.5, 0.6) is 0 Å².